The van der Waals surface area contributed by atoms with Crippen LogP contribution < -0.4 is 4.90 Å². The standard InChI is InChI=1S/C20H17NO/c1-14(22)15-10-12-16(13-11-15)21-19-8-4-2-6-17(19)18-7-3-5-9-20(18)21/h2-13,17,19H,1H3. The first-order chi connectivity index (χ1) is 10.8. The van der Waals surface area contributed by atoms with Gasteiger partial charge in [0.15, 0.2) is 5.78 Å². The van der Waals surface area contributed by atoms with Crippen molar-refractivity contribution in [3.05, 3.63) is 84.0 Å². The molecule has 0 saturated heterocycles. The van der Waals surface area contributed by atoms with Crippen molar-refractivity contribution in [1.29, 1.82) is 0 Å². The molecule has 0 radical (unpaired) electrons. The highest BCUT2D eigenvalue weighted by Crippen LogP contribution is 2.47. The summed E-state index contributed by atoms with van der Waals surface area (Å²) < 4.78 is 0. The van der Waals surface area contributed by atoms with Crippen LogP contribution in [0.5, 0.6) is 0 Å². The van der Waals surface area contributed by atoms with Gasteiger partial charge in [-0.3, -0.25) is 4.79 Å². The predicted octanol–water partition coefficient (Wildman–Crippen LogP) is 4.62. The highest BCUT2D eigenvalue weighted by atomic mass is 16.1. The molecule has 108 valence electrons. The zero-order valence-electron chi connectivity index (χ0n) is 12.4. The van der Waals surface area contributed by atoms with Crippen LogP contribution in [-0.4, -0.2) is 11.8 Å². The van der Waals surface area contributed by atoms with E-state index in [0.717, 1.165) is 11.3 Å². The van der Waals surface area contributed by atoms with E-state index in [1.807, 2.05) is 24.3 Å². The average molecular weight is 287 g/mol. The molecule has 22 heavy (non-hydrogen) atoms. The summed E-state index contributed by atoms with van der Waals surface area (Å²) in [7, 11) is 0. The molecule has 2 aliphatic rings. The minimum Gasteiger partial charge on any atom is -0.333 e. The Bertz CT molecular complexity index is 786. The first-order valence-corrected chi connectivity index (χ1v) is 7.60. The smallest absolute Gasteiger partial charge is 0.159 e. The number of nitrogens with zero attached hydrogens (tertiary/aromatic N) is 1. The summed E-state index contributed by atoms with van der Waals surface area (Å²) in [5.41, 5.74) is 4.50. The monoisotopic (exact) mass is 287 g/mol. The van der Waals surface area contributed by atoms with Crippen LogP contribution in [0.3, 0.4) is 0 Å². The lowest BCUT2D eigenvalue weighted by Gasteiger charge is -2.28. The molecule has 0 saturated carbocycles. The van der Waals surface area contributed by atoms with Crippen molar-refractivity contribution >= 4 is 17.2 Å². The predicted molar refractivity (Wildman–Crippen MR) is 89.8 cm³/mol. The zero-order valence-corrected chi connectivity index (χ0v) is 12.4. The van der Waals surface area contributed by atoms with Gasteiger partial charge >= 0.3 is 0 Å². The Labute approximate surface area is 130 Å². The molecule has 0 bridgehead atoms. The minimum atomic E-state index is 0.103. The lowest BCUT2D eigenvalue weighted by molar-refractivity contribution is 0.101. The molecular weight excluding hydrogens is 270 g/mol. The fourth-order valence-electron chi connectivity index (χ4n) is 3.45. The third-order valence-electron chi connectivity index (χ3n) is 4.51. The number of hydrogen-bond donors (Lipinski definition) is 0. The van der Waals surface area contributed by atoms with Gasteiger partial charge in [-0.25, -0.2) is 0 Å². The molecule has 4 rings (SSSR count). The maximum absolute atomic E-state index is 11.5. The minimum absolute atomic E-state index is 0.103. The van der Waals surface area contributed by atoms with Gasteiger partial charge in [0.25, 0.3) is 0 Å². The van der Waals surface area contributed by atoms with E-state index in [2.05, 4.69) is 53.5 Å². The lowest BCUT2D eigenvalue weighted by Crippen LogP contribution is -2.28. The Morgan fingerprint density at radius 3 is 2.45 bits per heavy atom. The number of carbonyl (C=O) groups is 1. The molecule has 2 heteroatoms. The Morgan fingerprint density at radius 1 is 0.955 bits per heavy atom. The molecule has 0 N–H and O–H groups in total. The van der Waals surface area contributed by atoms with Crippen molar-refractivity contribution in [2.45, 2.75) is 18.9 Å². The van der Waals surface area contributed by atoms with Gasteiger partial charge in [0.1, 0.15) is 0 Å². The topological polar surface area (TPSA) is 20.3 Å². The molecule has 2 unspecified atom stereocenters. The Kier molecular flexibility index (Phi) is 2.97. The fourth-order valence-corrected chi connectivity index (χ4v) is 3.45. The van der Waals surface area contributed by atoms with Gasteiger partial charge in [-0.1, -0.05) is 42.5 Å². The maximum Gasteiger partial charge on any atom is 0.159 e. The summed E-state index contributed by atoms with van der Waals surface area (Å²) in [6.07, 6.45) is 8.77. The second-order valence-corrected chi connectivity index (χ2v) is 5.82. The van der Waals surface area contributed by atoms with Crippen LogP contribution in [0.2, 0.25) is 0 Å². The van der Waals surface area contributed by atoms with E-state index in [0.29, 0.717) is 12.0 Å². The van der Waals surface area contributed by atoms with Gasteiger partial charge in [-0.2, -0.15) is 0 Å². The Morgan fingerprint density at radius 2 is 1.68 bits per heavy atom. The average Bonchev–Trinajstić information content (AvgIpc) is 2.89. The van der Waals surface area contributed by atoms with Crippen LogP contribution in [-0.2, 0) is 0 Å². The van der Waals surface area contributed by atoms with E-state index in [1.165, 1.54) is 11.3 Å². The van der Waals surface area contributed by atoms with Crippen molar-refractivity contribution in [3.63, 3.8) is 0 Å². The summed E-state index contributed by atoms with van der Waals surface area (Å²) >= 11 is 0. The van der Waals surface area contributed by atoms with Gasteiger partial charge < -0.3 is 4.90 Å². The van der Waals surface area contributed by atoms with Crippen molar-refractivity contribution in [2.75, 3.05) is 4.90 Å². The van der Waals surface area contributed by atoms with Crippen LogP contribution in [0.15, 0.2) is 72.8 Å². The van der Waals surface area contributed by atoms with Crippen LogP contribution in [0.25, 0.3) is 0 Å². The number of ketones is 1. The largest absolute Gasteiger partial charge is 0.333 e. The summed E-state index contributed by atoms with van der Waals surface area (Å²) in [6.45, 7) is 1.60. The number of benzene rings is 2. The van der Waals surface area contributed by atoms with Crippen LogP contribution >= 0.6 is 0 Å². The molecule has 2 aromatic rings. The SMILES string of the molecule is CC(=O)c1ccc(N2c3ccccc3C3C=CC=CC32)cc1. The maximum atomic E-state index is 11.5. The van der Waals surface area contributed by atoms with Gasteiger partial charge in [0.2, 0.25) is 0 Å². The zero-order chi connectivity index (χ0) is 15.1. The molecule has 0 aromatic heterocycles. The molecular formula is C20H17NO. The number of carbonyl (C=O) groups excluding carboxylic acids is 1. The molecule has 2 atom stereocenters. The first kappa shape index (κ1) is 13.1. The molecule has 1 aliphatic carbocycles. The highest BCUT2D eigenvalue weighted by Gasteiger charge is 2.36. The van der Waals surface area contributed by atoms with E-state index in [1.54, 1.807) is 6.92 Å². The highest BCUT2D eigenvalue weighted by molar-refractivity contribution is 5.94. The number of rotatable bonds is 2. The van der Waals surface area contributed by atoms with Gasteiger partial charge in [0.05, 0.1) is 6.04 Å². The number of para-hydroxylation sites is 1. The van der Waals surface area contributed by atoms with Gasteiger partial charge in [-0.05, 0) is 42.8 Å². The van der Waals surface area contributed by atoms with E-state index in [9.17, 15) is 4.79 Å². The normalized spacial score (nSPS) is 21.6. The first-order valence-electron chi connectivity index (χ1n) is 7.60. The molecule has 0 amide bonds. The van der Waals surface area contributed by atoms with E-state index in [-0.39, 0.29) is 5.78 Å². The van der Waals surface area contributed by atoms with Gasteiger partial charge in [0, 0.05) is 22.9 Å². The summed E-state index contributed by atoms with van der Waals surface area (Å²) in [4.78, 5) is 13.8. The van der Waals surface area contributed by atoms with Crippen LogP contribution in [0.1, 0.15) is 28.8 Å². The quantitative estimate of drug-likeness (QED) is 0.751. The number of Topliss-reactive ketones (excluding diaryl/α,β-unsaturated/α-hetero) is 1. The summed E-state index contributed by atoms with van der Waals surface area (Å²) in [6, 6.07) is 16.8. The van der Waals surface area contributed by atoms with Crippen molar-refractivity contribution < 1.29 is 4.79 Å². The van der Waals surface area contributed by atoms with Crippen molar-refractivity contribution in [3.8, 4) is 0 Å². The molecule has 0 fully saturated rings. The molecule has 2 nitrogen and oxygen atoms in total. The lowest BCUT2D eigenvalue weighted by atomic mass is 9.91. The summed E-state index contributed by atoms with van der Waals surface area (Å²) in [5, 5.41) is 0. The number of hydrogen-bond acceptors (Lipinski definition) is 2. The third-order valence-corrected chi connectivity index (χ3v) is 4.51. The molecule has 1 heterocycles. The van der Waals surface area contributed by atoms with Crippen LogP contribution in [0, 0.1) is 0 Å². The Hall–Kier alpha value is -2.61. The Balaban J connectivity index is 1.81. The van der Waals surface area contributed by atoms with E-state index >= 15 is 0 Å². The second-order valence-electron chi connectivity index (χ2n) is 5.82. The third kappa shape index (κ3) is 1.92. The number of anilines is 2. The van der Waals surface area contributed by atoms with E-state index in [4.69, 9.17) is 0 Å². The van der Waals surface area contributed by atoms with E-state index < -0.39 is 0 Å². The summed E-state index contributed by atoms with van der Waals surface area (Å²) in [5.74, 6) is 0.500. The number of fused-ring (bicyclic) bond motifs is 3. The van der Waals surface area contributed by atoms with Gasteiger partial charge in [-0.15, -0.1) is 0 Å². The number of allylic oxidation sites excluding steroid dienone is 2. The molecule has 0 spiro atoms. The van der Waals surface area contributed by atoms with Crippen molar-refractivity contribution in [1.82, 2.24) is 0 Å². The van der Waals surface area contributed by atoms with Crippen molar-refractivity contribution in [2.24, 2.45) is 0 Å². The van der Waals surface area contributed by atoms with Crippen LogP contribution in [0.4, 0.5) is 11.4 Å². The fraction of sp³-hybridized carbons (Fsp3) is 0.150. The molecule has 1 aliphatic heterocycles. The second kappa shape index (κ2) is 4.99. The molecule has 2 aromatic carbocycles.